The summed E-state index contributed by atoms with van der Waals surface area (Å²) in [7, 11) is 0. The number of carbonyl (C=O) groups is 1. The lowest BCUT2D eigenvalue weighted by Gasteiger charge is -2.28. The second-order valence-electron chi connectivity index (χ2n) is 7.41. The van der Waals surface area contributed by atoms with E-state index in [1.54, 1.807) is 16.7 Å². The van der Waals surface area contributed by atoms with E-state index in [4.69, 9.17) is 0 Å². The van der Waals surface area contributed by atoms with Crippen LogP contribution in [0.4, 0.5) is 0 Å². The van der Waals surface area contributed by atoms with Gasteiger partial charge in [-0.1, -0.05) is 73.7 Å². The van der Waals surface area contributed by atoms with Crippen molar-refractivity contribution in [3.05, 3.63) is 107 Å². The van der Waals surface area contributed by atoms with Crippen LogP contribution in [0.5, 0.6) is 0 Å². The molecule has 1 heterocycles. The highest BCUT2D eigenvalue weighted by atomic mass is 32.2. The Bertz CT molecular complexity index is 1060. The van der Waals surface area contributed by atoms with Crippen LogP contribution in [0.1, 0.15) is 35.2 Å². The quantitative estimate of drug-likeness (QED) is 0.500. The minimum absolute atomic E-state index is 0.161. The fourth-order valence-corrected chi connectivity index (χ4v) is 4.35. The Morgan fingerprint density at radius 2 is 1.53 bits per heavy atom. The lowest BCUT2D eigenvalue weighted by atomic mass is 9.92. The Balaban J connectivity index is 1.76. The molecule has 4 rings (SSSR count). The number of amides is 1. The second kappa shape index (κ2) is 8.80. The number of aliphatic hydroxyl groups excluding tert-OH is 1. The molecule has 3 nitrogen and oxygen atoms in total. The van der Waals surface area contributed by atoms with Crippen molar-refractivity contribution in [3.63, 3.8) is 0 Å². The Labute approximate surface area is 182 Å². The molecule has 0 aliphatic carbocycles. The van der Waals surface area contributed by atoms with E-state index in [0.29, 0.717) is 12.1 Å². The van der Waals surface area contributed by atoms with E-state index in [9.17, 15) is 9.90 Å². The fourth-order valence-electron chi connectivity index (χ4n) is 3.94. The third kappa shape index (κ3) is 3.88. The van der Waals surface area contributed by atoms with Crippen LogP contribution in [0.3, 0.4) is 0 Å². The molecule has 0 radical (unpaired) electrons. The van der Waals surface area contributed by atoms with E-state index in [1.165, 1.54) is 10.5 Å². The summed E-state index contributed by atoms with van der Waals surface area (Å²) in [5.74, 6) is -0.487. The first-order valence-electron chi connectivity index (χ1n) is 10.1. The summed E-state index contributed by atoms with van der Waals surface area (Å²) in [5.41, 5.74) is 4.83. The van der Waals surface area contributed by atoms with E-state index in [1.807, 2.05) is 48.7 Å². The average Bonchev–Trinajstić information content (AvgIpc) is 3.05. The molecule has 1 N–H and O–H groups in total. The van der Waals surface area contributed by atoms with E-state index < -0.39 is 0 Å². The highest BCUT2D eigenvalue weighted by Crippen LogP contribution is 2.43. The molecule has 0 spiro atoms. The summed E-state index contributed by atoms with van der Waals surface area (Å²) < 4.78 is 0. The van der Waals surface area contributed by atoms with E-state index in [2.05, 4.69) is 43.3 Å². The highest BCUT2D eigenvalue weighted by molar-refractivity contribution is 7.98. The lowest BCUT2D eigenvalue weighted by Crippen LogP contribution is -2.29. The summed E-state index contributed by atoms with van der Waals surface area (Å²) in [6.45, 7) is 2.56. The van der Waals surface area contributed by atoms with Gasteiger partial charge in [0, 0.05) is 17.0 Å². The van der Waals surface area contributed by atoms with Gasteiger partial charge in [-0.3, -0.25) is 4.79 Å². The Morgan fingerprint density at radius 1 is 0.900 bits per heavy atom. The molecule has 0 fully saturated rings. The molecular weight excluding hydrogens is 390 g/mol. The van der Waals surface area contributed by atoms with Crippen molar-refractivity contribution in [2.45, 2.75) is 30.8 Å². The SMILES string of the molecule is CCc1ccc([C@H]2C(c3ccccc3)=C(O)C(=O)N2Cc2ccc(SC)cc2)cc1. The molecule has 0 saturated heterocycles. The number of hydrogen-bond acceptors (Lipinski definition) is 3. The van der Waals surface area contributed by atoms with Gasteiger partial charge in [0.25, 0.3) is 5.91 Å². The van der Waals surface area contributed by atoms with Crippen molar-refractivity contribution in [2.75, 3.05) is 6.26 Å². The maximum atomic E-state index is 13.1. The van der Waals surface area contributed by atoms with Crippen LogP contribution in [0.2, 0.25) is 0 Å². The minimum Gasteiger partial charge on any atom is -0.503 e. The molecule has 3 aromatic carbocycles. The zero-order valence-electron chi connectivity index (χ0n) is 17.2. The molecular formula is C26H25NO2S. The zero-order chi connectivity index (χ0) is 21.1. The molecule has 4 heteroatoms. The second-order valence-corrected chi connectivity index (χ2v) is 8.29. The van der Waals surface area contributed by atoms with Crippen molar-refractivity contribution < 1.29 is 9.90 Å². The molecule has 0 aromatic heterocycles. The number of hydrogen-bond donors (Lipinski definition) is 1. The molecule has 1 atom stereocenters. The number of aliphatic hydroxyl groups is 1. The molecule has 1 amide bonds. The molecule has 152 valence electrons. The van der Waals surface area contributed by atoms with Gasteiger partial charge in [0.1, 0.15) is 0 Å². The molecule has 0 bridgehead atoms. The van der Waals surface area contributed by atoms with Gasteiger partial charge in [-0.25, -0.2) is 0 Å². The maximum Gasteiger partial charge on any atom is 0.290 e. The topological polar surface area (TPSA) is 40.5 Å². The van der Waals surface area contributed by atoms with Gasteiger partial charge in [0.2, 0.25) is 0 Å². The third-order valence-corrected chi connectivity index (χ3v) is 6.35. The predicted molar refractivity (Wildman–Crippen MR) is 123 cm³/mol. The van der Waals surface area contributed by atoms with Crippen molar-refractivity contribution in [2.24, 2.45) is 0 Å². The Kier molecular flexibility index (Phi) is 5.96. The first-order chi connectivity index (χ1) is 14.6. The van der Waals surface area contributed by atoms with Crippen LogP contribution >= 0.6 is 11.8 Å². The van der Waals surface area contributed by atoms with Crippen molar-refractivity contribution in [1.82, 2.24) is 4.90 Å². The predicted octanol–water partition coefficient (Wildman–Crippen LogP) is 6.02. The maximum absolute atomic E-state index is 13.1. The van der Waals surface area contributed by atoms with Crippen LogP contribution in [-0.2, 0) is 17.8 Å². The molecule has 0 saturated carbocycles. The third-order valence-electron chi connectivity index (χ3n) is 5.60. The summed E-state index contributed by atoms with van der Waals surface area (Å²) in [6, 6.07) is 25.9. The normalized spacial score (nSPS) is 16.4. The van der Waals surface area contributed by atoms with Crippen molar-refractivity contribution >= 4 is 23.2 Å². The van der Waals surface area contributed by atoms with Crippen LogP contribution in [0.25, 0.3) is 5.57 Å². The smallest absolute Gasteiger partial charge is 0.290 e. The number of thioether (sulfide) groups is 1. The van der Waals surface area contributed by atoms with Gasteiger partial charge in [-0.05, 0) is 47.1 Å². The molecule has 1 aliphatic rings. The number of rotatable bonds is 6. The van der Waals surface area contributed by atoms with Gasteiger partial charge in [-0.15, -0.1) is 11.8 Å². The van der Waals surface area contributed by atoms with E-state index in [0.717, 1.165) is 23.1 Å². The zero-order valence-corrected chi connectivity index (χ0v) is 18.0. The average molecular weight is 416 g/mol. The van der Waals surface area contributed by atoms with Crippen molar-refractivity contribution in [3.8, 4) is 0 Å². The number of benzene rings is 3. The molecule has 30 heavy (non-hydrogen) atoms. The van der Waals surface area contributed by atoms with E-state index >= 15 is 0 Å². The molecule has 1 aliphatic heterocycles. The minimum atomic E-state index is -0.328. The van der Waals surface area contributed by atoms with Gasteiger partial charge < -0.3 is 10.0 Å². The molecule has 3 aromatic rings. The van der Waals surface area contributed by atoms with Crippen molar-refractivity contribution in [1.29, 1.82) is 0 Å². The Hall–Kier alpha value is -2.98. The summed E-state index contributed by atoms with van der Waals surface area (Å²) >= 11 is 1.69. The van der Waals surface area contributed by atoms with Crippen LogP contribution in [0, 0.1) is 0 Å². The summed E-state index contributed by atoms with van der Waals surface area (Å²) in [6.07, 6.45) is 3.01. The van der Waals surface area contributed by atoms with Gasteiger partial charge in [-0.2, -0.15) is 0 Å². The van der Waals surface area contributed by atoms with Gasteiger partial charge >= 0.3 is 0 Å². The van der Waals surface area contributed by atoms with Gasteiger partial charge in [0.05, 0.1) is 6.04 Å². The number of nitrogens with zero attached hydrogens (tertiary/aromatic N) is 1. The molecule has 0 unspecified atom stereocenters. The standard InChI is InChI=1S/C26H25NO2S/c1-3-18-9-13-21(14-10-18)24-23(20-7-5-4-6-8-20)25(28)26(29)27(24)17-19-11-15-22(30-2)16-12-19/h4-16,24,28H,3,17H2,1-2H3/t24-/m0/s1. The first kappa shape index (κ1) is 20.3. The lowest BCUT2D eigenvalue weighted by molar-refractivity contribution is -0.130. The Morgan fingerprint density at radius 3 is 2.13 bits per heavy atom. The van der Waals surface area contributed by atoms with Gasteiger partial charge in [0.15, 0.2) is 5.76 Å². The first-order valence-corrected chi connectivity index (χ1v) is 11.4. The van der Waals surface area contributed by atoms with Crippen LogP contribution in [-0.4, -0.2) is 22.2 Å². The fraction of sp³-hybridized carbons (Fsp3) is 0.192. The van der Waals surface area contributed by atoms with Crippen LogP contribution in [0.15, 0.2) is 89.5 Å². The largest absolute Gasteiger partial charge is 0.503 e. The number of carbonyl (C=O) groups excluding carboxylic acids is 1. The monoisotopic (exact) mass is 415 g/mol. The highest BCUT2D eigenvalue weighted by Gasteiger charge is 2.40. The number of aryl methyl sites for hydroxylation is 1. The summed E-state index contributed by atoms with van der Waals surface area (Å²) in [5, 5.41) is 10.9. The van der Waals surface area contributed by atoms with Crippen LogP contribution < -0.4 is 0 Å². The van der Waals surface area contributed by atoms with E-state index in [-0.39, 0.29) is 17.7 Å². The summed E-state index contributed by atoms with van der Waals surface area (Å²) in [4.78, 5) is 16.1.